The summed E-state index contributed by atoms with van der Waals surface area (Å²) in [4.78, 5) is 36.0. The van der Waals surface area contributed by atoms with E-state index in [2.05, 4.69) is 21.2 Å². The molecule has 3 rings (SSSR count). The topological polar surface area (TPSA) is 98.5 Å². The number of amides is 1. The molecule has 0 saturated heterocycles. The Labute approximate surface area is 161 Å². The number of nitrogens with zero attached hydrogens (tertiary/aromatic N) is 1. The zero-order chi connectivity index (χ0) is 18.7. The second-order valence-electron chi connectivity index (χ2n) is 5.81. The Kier molecular flexibility index (Phi) is 5.67. The number of carbonyl (C=O) groups is 2. The molecule has 26 heavy (non-hydrogen) atoms. The van der Waals surface area contributed by atoms with Gasteiger partial charge in [0, 0.05) is 21.5 Å². The number of hydrogen-bond donors (Lipinski definition) is 1. The minimum Gasteiger partial charge on any atom is -0.451 e. The molecular weight excluding hydrogens is 424 g/mol. The van der Waals surface area contributed by atoms with E-state index in [9.17, 15) is 19.7 Å². The minimum atomic E-state index is -0.529. The Morgan fingerprint density at radius 1 is 1.27 bits per heavy atom. The number of halogens is 1. The molecule has 0 atom stereocenters. The predicted octanol–water partition coefficient (Wildman–Crippen LogP) is 4.09. The number of aryl methyl sites for hydroxylation is 2. The zero-order valence-corrected chi connectivity index (χ0v) is 16.0. The molecule has 0 saturated carbocycles. The van der Waals surface area contributed by atoms with Crippen molar-refractivity contribution in [3.63, 3.8) is 0 Å². The average Bonchev–Trinajstić information content (AvgIpc) is 3.05. The third-order valence-corrected chi connectivity index (χ3v) is 5.84. The Balaban J connectivity index is 1.56. The highest BCUT2D eigenvalue weighted by molar-refractivity contribution is 9.10. The van der Waals surface area contributed by atoms with E-state index < -0.39 is 23.4 Å². The van der Waals surface area contributed by atoms with Crippen LogP contribution in [0.15, 0.2) is 28.7 Å². The van der Waals surface area contributed by atoms with Gasteiger partial charge in [0.25, 0.3) is 11.6 Å². The molecule has 1 aromatic carbocycles. The molecule has 1 amide bonds. The van der Waals surface area contributed by atoms with E-state index in [1.165, 1.54) is 40.0 Å². The van der Waals surface area contributed by atoms with E-state index in [1.54, 1.807) is 0 Å². The number of esters is 1. The lowest BCUT2D eigenvalue weighted by Gasteiger charge is -2.08. The molecule has 0 spiro atoms. The fraction of sp³-hybridized carbons (Fsp3) is 0.294. The largest absolute Gasteiger partial charge is 0.451 e. The summed E-state index contributed by atoms with van der Waals surface area (Å²) in [7, 11) is 0. The van der Waals surface area contributed by atoms with Crippen LogP contribution in [0, 0.1) is 10.1 Å². The Morgan fingerprint density at radius 2 is 2.04 bits per heavy atom. The number of rotatable bonds is 5. The van der Waals surface area contributed by atoms with Gasteiger partial charge in [-0.3, -0.25) is 14.9 Å². The van der Waals surface area contributed by atoms with Crippen LogP contribution in [0.3, 0.4) is 0 Å². The number of ether oxygens (including phenoxy) is 1. The molecule has 0 unspecified atom stereocenters. The first-order chi connectivity index (χ1) is 12.4. The van der Waals surface area contributed by atoms with Crippen molar-refractivity contribution in [1.29, 1.82) is 0 Å². The summed E-state index contributed by atoms with van der Waals surface area (Å²) in [6.45, 7) is -0.426. The van der Waals surface area contributed by atoms with Crippen molar-refractivity contribution in [2.45, 2.75) is 25.7 Å². The quantitative estimate of drug-likeness (QED) is 0.430. The van der Waals surface area contributed by atoms with E-state index in [1.807, 2.05) is 6.07 Å². The molecule has 0 fully saturated rings. The number of thiophene rings is 1. The van der Waals surface area contributed by atoms with Crippen LogP contribution in [0.1, 0.15) is 33.0 Å². The molecule has 0 radical (unpaired) electrons. The maximum absolute atomic E-state index is 12.1. The van der Waals surface area contributed by atoms with Crippen LogP contribution in [0.2, 0.25) is 0 Å². The monoisotopic (exact) mass is 438 g/mol. The lowest BCUT2D eigenvalue weighted by atomic mass is 9.99. The van der Waals surface area contributed by atoms with Gasteiger partial charge in [-0.05, 0) is 59.3 Å². The average molecular weight is 439 g/mol. The summed E-state index contributed by atoms with van der Waals surface area (Å²) in [6.07, 6.45) is 4.23. The number of hydrogen-bond acceptors (Lipinski definition) is 6. The highest BCUT2D eigenvalue weighted by Crippen LogP contribution is 2.30. The molecule has 1 N–H and O–H groups in total. The van der Waals surface area contributed by atoms with Gasteiger partial charge in [0.1, 0.15) is 4.88 Å². The molecule has 1 heterocycles. The van der Waals surface area contributed by atoms with Crippen LogP contribution in [0.25, 0.3) is 0 Å². The maximum atomic E-state index is 12.1. The molecule has 0 aliphatic heterocycles. The minimum absolute atomic E-state index is 0.0945. The van der Waals surface area contributed by atoms with Crippen LogP contribution in [-0.2, 0) is 22.4 Å². The fourth-order valence-corrected chi connectivity index (χ4v) is 4.31. The number of anilines is 1. The van der Waals surface area contributed by atoms with Gasteiger partial charge >= 0.3 is 5.97 Å². The number of nitro groups is 1. The molecule has 136 valence electrons. The molecular formula is C17H15BrN2O5S. The Bertz CT molecular complexity index is 857. The van der Waals surface area contributed by atoms with Crippen LogP contribution in [0.4, 0.5) is 11.4 Å². The van der Waals surface area contributed by atoms with Crippen LogP contribution >= 0.6 is 27.3 Å². The van der Waals surface area contributed by atoms with Crippen LogP contribution in [0.5, 0.6) is 0 Å². The molecule has 9 heteroatoms. The van der Waals surface area contributed by atoms with Crippen molar-refractivity contribution >= 4 is 50.5 Å². The van der Waals surface area contributed by atoms with Gasteiger partial charge in [-0.2, -0.15) is 0 Å². The Morgan fingerprint density at radius 3 is 2.73 bits per heavy atom. The summed E-state index contributed by atoms with van der Waals surface area (Å²) in [6, 6.07) is 5.84. The van der Waals surface area contributed by atoms with Crippen molar-refractivity contribution in [1.82, 2.24) is 0 Å². The molecule has 1 aliphatic carbocycles. The lowest BCUT2D eigenvalue weighted by Crippen LogP contribution is -2.20. The van der Waals surface area contributed by atoms with Crippen molar-refractivity contribution in [2.24, 2.45) is 0 Å². The fourth-order valence-electron chi connectivity index (χ4n) is 2.70. The van der Waals surface area contributed by atoms with Gasteiger partial charge in [-0.25, -0.2) is 4.79 Å². The predicted molar refractivity (Wildman–Crippen MR) is 101 cm³/mol. The van der Waals surface area contributed by atoms with Crippen molar-refractivity contribution < 1.29 is 19.2 Å². The first-order valence-electron chi connectivity index (χ1n) is 7.96. The second-order valence-corrected chi connectivity index (χ2v) is 7.80. The number of benzene rings is 1. The smallest absolute Gasteiger partial charge is 0.348 e. The van der Waals surface area contributed by atoms with Crippen molar-refractivity contribution in [2.75, 3.05) is 11.9 Å². The van der Waals surface area contributed by atoms with Gasteiger partial charge in [0.15, 0.2) is 6.61 Å². The molecule has 2 aromatic rings. The van der Waals surface area contributed by atoms with Gasteiger partial charge in [0.2, 0.25) is 0 Å². The molecule has 1 aliphatic rings. The van der Waals surface area contributed by atoms with Gasteiger partial charge in [-0.1, -0.05) is 0 Å². The summed E-state index contributed by atoms with van der Waals surface area (Å²) in [5, 5.41) is 13.3. The molecule has 7 nitrogen and oxygen atoms in total. The third-order valence-electron chi connectivity index (χ3n) is 3.97. The van der Waals surface area contributed by atoms with Crippen LogP contribution < -0.4 is 5.32 Å². The Hall–Kier alpha value is -2.26. The highest BCUT2D eigenvalue weighted by atomic mass is 79.9. The second kappa shape index (κ2) is 7.96. The van der Waals surface area contributed by atoms with Gasteiger partial charge in [0.05, 0.1) is 10.6 Å². The normalized spacial score (nSPS) is 13.0. The first-order valence-corrected chi connectivity index (χ1v) is 9.57. The van der Waals surface area contributed by atoms with E-state index >= 15 is 0 Å². The van der Waals surface area contributed by atoms with E-state index in [-0.39, 0.29) is 5.69 Å². The van der Waals surface area contributed by atoms with E-state index in [0.29, 0.717) is 15.0 Å². The lowest BCUT2D eigenvalue weighted by molar-refractivity contribution is -0.384. The number of nitrogens with one attached hydrogen (secondary N) is 1. The summed E-state index contributed by atoms with van der Waals surface area (Å²) >= 11 is 4.60. The molecule has 1 aromatic heterocycles. The van der Waals surface area contributed by atoms with E-state index in [4.69, 9.17) is 4.74 Å². The first kappa shape index (κ1) is 18.5. The highest BCUT2D eigenvalue weighted by Gasteiger charge is 2.19. The SMILES string of the molecule is O=C(COC(=O)c1cc2c(s1)CCCC2)Nc1ccc([N+](=O)[O-])cc1Br. The van der Waals surface area contributed by atoms with Gasteiger partial charge in [-0.15, -0.1) is 11.3 Å². The van der Waals surface area contributed by atoms with Crippen molar-refractivity contribution in [3.8, 4) is 0 Å². The number of carbonyl (C=O) groups excluding carboxylic acids is 2. The summed E-state index contributed by atoms with van der Waals surface area (Å²) in [5.74, 6) is -1.03. The van der Waals surface area contributed by atoms with E-state index in [0.717, 1.165) is 25.7 Å². The van der Waals surface area contributed by atoms with Gasteiger partial charge < -0.3 is 10.1 Å². The molecule has 0 bridgehead atoms. The number of nitro benzene ring substituents is 1. The zero-order valence-electron chi connectivity index (χ0n) is 13.6. The summed E-state index contributed by atoms with van der Waals surface area (Å²) in [5.41, 5.74) is 1.47. The number of fused-ring (bicyclic) bond motifs is 1. The maximum Gasteiger partial charge on any atom is 0.348 e. The van der Waals surface area contributed by atoms with Crippen LogP contribution in [-0.4, -0.2) is 23.4 Å². The summed E-state index contributed by atoms with van der Waals surface area (Å²) < 4.78 is 5.45. The van der Waals surface area contributed by atoms with Crippen molar-refractivity contribution in [3.05, 3.63) is 54.2 Å². The standard InChI is InChI=1S/C17H15BrN2O5S/c18-12-8-11(20(23)24)5-6-13(12)19-16(21)9-25-17(22)15-7-10-3-1-2-4-14(10)26-15/h5-8H,1-4,9H2,(H,19,21). The number of non-ortho nitro benzene ring substituents is 1. The third kappa shape index (κ3) is 4.28.